The predicted octanol–water partition coefficient (Wildman–Crippen LogP) is 15.7. The molecule has 61 heavy (non-hydrogen) atoms. The van der Waals surface area contributed by atoms with E-state index in [1.54, 1.807) is 11.3 Å². The number of rotatable bonds is 6. The highest BCUT2D eigenvalue weighted by Gasteiger charge is 2.21. The fourth-order valence-electron chi connectivity index (χ4n) is 9.16. The number of hydrogen-bond donors (Lipinski definition) is 0. The molecule has 12 rings (SSSR count). The molecule has 0 aliphatic heterocycles. The van der Waals surface area contributed by atoms with Gasteiger partial charge in [-0.3, -0.25) is 0 Å². The quantitative estimate of drug-likeness (QED) is 0.157. The first-order chi connectivity index (χ1) is 30.3. The Balaban J connectivity index is 1.07. The molecule has 0 radical (unpaired) electrons. The normalized spacial score (nSPS) is 11.6. The van der Waals surface area contributed by atoms with Crippen molar-refractivity contribution < 1.29 is 0 Å². The van der Waals surface area contributed by atoms with Gasteiger partial charge in [0.25, 0.3) is 0 Å². The Morgan fingerprint density at radius 2 is 0.689 bits per heavy atom. The lowest BCUT2D eigenvalue weighted by molar-refractivity contribution is 1.08. The highest BCUT2D eigenvalue weighted by Crippen LogP contribution is 2.47. The largest absolute Gasteiger partial charge is 0.208 e. The number of benzene rings is 10. The van der Waals surface area contributed by atoms with Crippen LogP contribution in [-0.4, -0.2) is 15.0 Å². The summed E-state index contributed by atoms with van der Waals surface area (Å²) in [5.41, 5.74) is 10.2. The average Bonchev–Trinajstić information content (AvgIpc) is 3.73. The first-order valence-corrected chi connectivity index (χ1v) is 21.4. The number of fused-ring (bicyclic) bond motifs is 6. The van der Waals surface area contributed by atoms with E-state index in [4.69, 9.17) is 15.0 Å². The van der Waals surface area contributed by atoms with Crippen molar-refractivity contribution in [1.82, 2.24) is 15.0 Å². The van der Waals surface area contributed by atoms with Crippen LogP contribution in [0.2, 0.25) is 0 Å². The molecule has 12 aromatic rings. The molecule has 0 unspecified atom stereocenters. The summed E-state index contributed by atoms with van der Waals surface area (Å²) in [7, 11) is 0. The molecule has 2 heterocycles. The summed E-state index contributed by atoms with van der Waals surface area (Å²) in [4.78, 5) is 15.7. The molecule has 0 aliphatic rings. The fraction of sp³-hybridized carbons (Fsp3) is 0. The molecule has 284 valence electrons. The van der Waals surface area contributed by atoms with E-state index in [9.17, 15) is 0 Å². The number of aromatic nitrogens is 3. The zero-order valence-corrected chi connectivity index (χ0v) is 33.8. The summed E-state index contributed by atoms with van der Waals surface area (Å²) in [5, 5.41) is 9.57. The molecular weight excluding hydrogens is 759 g/mol. The zero-order valence-electron chi connectivity index (χ0n) is 33.0. The zero-order chi connectivity index (χ0) is 40.3. The van der Waals surface area contributed by atoms with Gasteiger partial charge in [-0.05, 0) is 83.9 Å². The smallest absolute Gasteiger partial charge is 0.165 e. The van der Waals surface area contributed by atoms with Gasteiger partial charge < -0.3 is 0 Å². The second-order valence-electron chi connectivity index (χ2n) is 15.4. The van der Waals surface area contributed by atoms with Crippen molar-refractivity contribution in [3.8, 4) is 67.5 Å². The molecule has 0 atom stereocenters. The van der Waals surface area contributed by atoms with Crippen LogP contribution < -0.4 is 0 Å². The first-order valence-electron chi connectivity index (χ1n) is 20.6. The molecule has 2 aromatic heterocycles. The van der Waals surface area contributed by atoms with Crippen molar-refractivity contribution in [1.29, 1.82) is 0 Å². The van der Waals surface area contributed by atoms with Crippen molar-refractivity contribution >= 4 is 63.8 Å². The van der Waals surface area contributed by atoms with Gasteiger partial charge in [0, 0.05) is 36.9 Å². The minimum Gasteiger partial charge on any atom is -0.208 e. The summed E-state index contributed by atoms with van der Waals surface area (Å²) < 4.78 is 2.42. The minimum atomic E-state index is 0.647. The van der Waals surface area contributed by atoms with Crippen molar-refractivity contribution in [2.45, 2.75) is 0 Å². The van der Waals surface area contributed by atoms with Crippen LogP contribution >= 0.6 is 11.3 Å². The lowest BCUT2D eigenvalue weighted by Crippen LogP contribution is -2.01. The Bertz CT molecular complexity index is 3570. The molecule has 0 fully saturated rings. The Hall–Kier alpha value is -7.79. The third kappa shape index (κ3) is 5.91. The maximum Gasteiger partial charge on any atom is 0.165 e. The van der Waals surface area contributed by atoms with E-state index in [0.29, 0.717) is 17.5 Å². The molecule has 0 spiro atoms. The number of nitrogens with zero attached hydrogens (tertiary/aromatic N) is 3. The van der Waals surface area contributed by atoms with E-state index >= 15 is 0 Å². The van der Waals surface area contributed by atoms with Crippen LogP contribution in [0.5, 0.6) is 0 Å². The van der Waals surface area contributed by atoms with Crippen LogP contribution in [-0.2, 0) is 0 Å². The third-order valence-electron chi connectivity index (χ3n) is 12.0. The van der Waals surface area contributed by atoms with Crippen LogP contribution in [0.1, 0.15) is 0 Å². The Labute approximate surface area is 356 Å². The van der Waals surface area contributed by atoms with E-state index in [1.165, 1.54) is 75.1 Å². The standard InChI is InChI=1S/C57H35N3S/c1-3-16-36(17-4-1)37-30-32-38(33-31-37)52-43-23-9-11-25-45(43)53(46-26-12-10-24-44(46)52)47-34-35-49(41-21-8-7-20-40(41)47)56-58-55(39-18-5-2-6-19-39)59-57(60-56)50-28-15-27-48-42-22-13-14-29-51(42)61-54(48)50/h1-35H. The van der Waals surface area contributed by atoms with Crippen LogP contribution in [0.25, 0.3) is 120 Å². The Morgan fingerprint density at radius 1 is 0.246 bits per heavy atom. The summed E-state index contributed by atoms with van der Waals surface area (Å²) in [6.45, 7) is 0. The summed E-state index contributed by atoms with van der Waals surface area (Å²) in [6.07, 6.45) is 0. The molecule has 10 aromatic carbocycles. The highest BCUT2D eigenvalue weighted by molar-refractivity contribution is 7.26. The average molecular weight is 794 g/mol. The summed E-state index contributed by atoms with van der Waals surface area (Å²) >= 11 is 1.79. The molecular formula is C57H35N3S. The van der Waals surface area contributed by atoms with Crippen LogP contribution in [0, 0.1) is 0 Å². The van der Waals surface area contributed by atoms with Crippen LogP contribution in [0.3, 0.4) is 0 Å². The third-order valence-corrected chi connectivity index (χ3v) is 13.2. The van der Waals surface area contributed by atoms with Crippen LogP contribution in [0.4, 0.5) is 0 Å². The molecule has 0 aliphatic carbocycles. The molecule has 0 saturated carbocycles. The Morgan fingerprint density at radius 3 is 1.34 bits per heavy atom. The SMILES string of the molecule is c1ccc(-c2ccc(-c3c4ccccc4c(-c4ccc(-c5nc(-c6ccccc6)nc(-c6cccc7c6sc6ccccc67)n5)c5ccccc45)c4ccccc34)cc2)cc1. The van der Waals surface area contributed by atoms with E-state index < -0.39 is 0 Å². The Kier molecular flexibility index (Phi) is 8.36. The minimum absolute atomic E-state index is 0.647. The van der Waals surface area contributed by atoms with Gasteiger partial charge in [0.15, 0.2) is 17.5 Å². The maximum atomic E-state index is 5.33. The monoisotopic (exact) mass is 793 g/mol. The summed E-state index contributed by atoms with van der Waals surface area (Å²) in [6, 6.07) is 75.9. The molecule has 0 bridgehead atoms. The molecule has 3 nitrogen and oxygen atoms in total. The van der Waals surface area contributed by atoms with Gasteiger partial charge in [-0.2, -0.15) is 0 Å². The van der Waals surface area contributed by atoms with Crippen molar-refractivity contribution in [2.75, 3.05) is 0 Å². The lowest BCUT2D eigenvalue weighted by Gasteiger charge is -2.19. The van der Waals surface area contributed by atoms with Gasteiger partial charge in [0.1, 0.15) is 0 Å². The highest BCUT2D eigenvalue weighted by atomic mass is 32.1. The lowest BCUT2D eigenvalue weighted by atomic mass is 9.84. The predicted molar refractivity (Wildman–Crippen MR) is 258 cm³/mol. The first kappa shape index (κ1) is 35.2. The van der Waals surface area contributed by atoms with Gasteiger partial charge in [0.2, 0.25) is 0 Å². The van der Waals surface area contributed by atoms with Crippen molar-refractivity contribution in [2.24, 2.45) is 0 Å². The topological polar surface area (TPSA) is 38.7 Å². The van der Waals surface area contributed by atoms with E-state index in [1.807, 2.05) is 18.2 Å². The maximum absolute atomic E-state index is 5.33. The molecule has 4 heteroatoms. The van der Waals surface area contributed by atoms with Gasteiger partial charge in [0.05, 0.1) is 0 Å². The molecule has 0 N–H and O–H groups in total. The van der Waals surface area contributed by atoms with E-state index in [2.05, 4.69) is 194 Å². The molecule has 0 amide bonds. The summed E-state index contributed by atoms with van der Waals surface area (Å²) in [5.74, 6) is 1.96. The second kappa shape index (κ2) is 14.5. The molecule has 0 saturated heterocycles. The van der Waals surface area contributed by atoms with Gasteiger partial charge in [-0.15, -0.1) is 11.3 Å². The fourth-order valence-corrected chi connectivity index (χ4v) is 10.4. The van der Waals surface area contributed by atoms with Gasteiger partial charge >= 0.3 is 0 Å². The van der Waals surface area contributed by atoms with Gasteiger partial charge in [-0.25, -0.2) is 15.0 Å². The van der Waals surface area contributed by atoms with Crippen molar-refractivity contribution in [3.05, 3.63) is 212 Å². The van der Waals surface area contributed by atoms with Crippen LogP contribution in [0.15, 0.2) is 212 Å². The number of hydrogen-bond acceptors (Lipinski definition) is 4. The second-order valence-corrected chi connectivity index (χ2v) is 16.5. The number of thiophene rings is 1. The van der Waals surface area contributed by atoms with Crippen molar-refractivity contribution in [3.63, 3.8) is 0 Å². The van der Waals surface area contributed by atoms with E-state index in [0.717, 1.165) is 27.5 Å². The van der Waals surface area contributed by atoms with E-state index in [-0.39, 0.29) is 0 Å². The van der Waals surface area contributed by atoms with Gasteiger partial charge in [-0.1, -0.05) is 194 Å².